The Labute approximate surface area is 114 Å². The molecule has 0 aliphatic rings. The molecule has 0 amide bonds. The topological polar surface area (TPSA) is 0 Å². The normalized spacial score (nSPS) is 11.1. The van der Waals surface area contributed by atoms with Crippen LogP contribution in [0.1, 0.15) is 69.9 Å². The number of hydrogen-bond donors (Lipinski definition) is 0. The molecule has 102 valence electrons. The fourth-order valence-electron chi connectivity index (χ4n) is 2.34. The Balaban J connectivity index is 1.94. The lowest BCUT2D eigenvalue weighted by atomic mass is 10.0. The summed E-state index contributed by atoms with van der Waals surface area (Å²) >= 11 is 0. The van der Waals surface area contributed by atoms with Gasteiger partial charge >= 0.3 is 0 Å². The van der Waals surface area contributed by atoms with E-state index in [4.69, 9.17) is 0 Å². The average molecular weight is 246 g/mol. The van der Waals surface area contributed by atoms with Crippen LogP contribution >= 0.6 is 0 Å². The molecule has 0 saturated carbocycles. The third kappa shape index (κ3) is 7.53. The molecule has 0 unspecified atom stereocenters. The molecular formula is C18H30. The van der Waals surface area contributed by atoms with Gasteiger partial charge < -0.3 is 0 Å². The van der Waals surface area contributed by atoms with Crippen LogP contribution in [0, 0.1) is 12.8 Å². The van der Waals surface area contributed by atoms with Crippen LogP contribution in [-0.2, 0) is 6.42 Å². The molecule has 0 N–H and O–H groups in total. The van der Waals surface area contributed by atoms with Crippen molar-refractivity contribution in [2.24, 2.45) is 5.92 Å². The highest BCUT2D eigenvalue weighted by atomic mass is 14.0. The first kappa shape index (κ1) is 15.3. The van der Waals surface area contributed by atoms with Gasteiger partial charge in [-0.25, -0.2) is 0 Å². The van der Waals surface area contributed by atoms with Crippen LogP contribution in [0.3, 0.4) is 0 Å². The van der Waals surface area contributed by atoms with Crippen molar-refractivity contribution in [3.05, 3.63) is 35.4 Å². The largest absolute Gasteiger partial charge is 0.0628 e. The van der Waals surface area contributed by atoms with Crippen LogP contribution in [0.5, 0.6) is 0 Å². The van der Waals surface area contributed by atoms with E-state index in [1.54, 1.807) is 0 Å². The molecule has 0 aliphatic heterocycles. The van der Waals surface area contributed by atoms with Gasteiger partial charge in [0.2, 0.25) is 0 Å². The smallest absolute Gasteiger partial charge is 0.0279 e. The molecule has 0 aliphatic carbocycles. The van der Waals surface area contributed by atoms with Gasteiger partial charge in [-0.3, -0.25) is 0 Å². The first-order valence-corrected chi connectivity index (χ1v) is 7.74. The summed E-state index contributed by atoms with van der Waals surface area (Å²) in [4.78, 5) is 0. The van der Waals surface area contributed by atoms with E-state index in [0.717, 1.165) is 5.92 Å². The number of benzene rings is 1. The van der Waals surface area contributed by atoms with Crippen molar-refractivity contribution in [3.8, 4) is 0 Å². The Hall–Kier alpha value is -0.780. The van der Waals surface area contributed by atoms with Gasteiger partial charge in [-0.15, -0.1) is 0 Å². The SMILES string of the molecule is Cc1ccc(CCCCCCCCC(C)C)cc1. The zero-order valence-corrected chi connectivity index (χ0v) is 12.5. The summed E-state index contributed by atoms with van der Waals surface area (Å²) in [7, 11) is 0. The lowest BCUT2D eigenvalue weighted by Crippen LogP contribution is -1.88. The Morgan fingerprint density at radius 2 is 1.33 bits per heavy atom. The molecule has 0 spiro atoms. The molecule has 1 aromatic carbocycles. The predicted octanol–water partition coefficient (Wildman–Crippen LogP) is 5.92. The van der Waals surface area contributed by atoms with Crippen LogP contribution < -0.4 is 0 Å². The van der Waals surface area contributed by atoms with Gasteiger partial charge in [-0.2, -0.15) is 0 Å². The molecule has 0 radical (unpaired) electrons. The first-order chi connectivity index (χ1) is 8.68. The summed E-state index contributed by atoms with van der Waals surface area (Å²) < 4.78 is 0. The van der Waals surface area contributed by atoms with Crippen LogP contribution in [0.4, 0.5) is 0 Å². The van der Waals surface area contributed by atoms with Gasteiger partial charge in [0, 0.05) is 0 Å². The predicted molar refractivity (Wildman–Crippen MR) is 82.0 cm³/mol. The summed E-state index contributed by atoms with van der Waals surface area (Å²) in [6, 6.07) is 9.00. The van der Waals surface area contributed by atoms with Crippen molar-refractivity contribution in [1.29, 1.82) is 0 Å². The van der Waals surface area contributed by atoms with Crippen molar-refractivity contribution in [2.45, 2.75) is 72.1 Å². The molecule has 0 saturated heterocycles. The van der Waals surface area contributed by atoms with E-state index in [-0.39, 0.29) is 0 Å². The number of hydrogen-bond acceptors (Lipinski definition) is 0. The molecular weight excluding hydrogens is 216 g/mol. The lowest BCUT2D eigenvalue weighted by molar-refractivity contribution is 0.511. The van der Waals surface area contributed by atoms with E-state index in [2.05, 4.69) is 45.0 Å². The van der Waals surface area contributed by atoms with Gasteiger partial charge in [0.15, 0.2) is 0 Å². The number of rotatable bonds is 9. The molecule has 18 heavy (non-hydrogen) atoms. The van der Waals surface area contributed by atoms with E-state index in [1.807, 2.05) is 0 Å². The van der Waals surface area contributed by atoms with Crippen LogP contribution in [0.2, 0.25) is 0 Å². The molecule has 0 nitrogen and oxygen atoms in total. The molecule has 0 aromatic heterocycles. The van der Waals surface area contributed by atoms with Crippen molar-refractivity contribution < 1.29 is 0 Å². The molecule has 1 rings (SSSR count). The fraction of sp³-hybridized carbons (Fsp3) is 0.667. The second kappa shape index (κ2) is 9.19. The maximum atomic E-state index is 2.32. The third-order valence-corrected chi connectivity index (χ3v) is 3.62. The van der Waals surface area contributed by atoms with Gasteiger partial charge in [-0.1, -0.05) is 82.2 Å². The fourth-order valence-corrected chi connectivity index (χ4v) is 2.34. The van der Waals surface area contributed by atoms with Gasteiger partial charge in [0.1, 0.15) is 0 Å². The van der Waals surface area contributed by atoms with Crippen molar-refractivity contribution in [1.82, 2.24) is 0 Å². The molecule has 0 heteroatoms. The van der Waals surface area contributed by atoms with Crippen molar-refractivity contribution in [3.63, 3.8) is 0 Å². The maximum absolute atomic E-state index is 2.32. The molecule has 0 atom stereocenters. The van der Waals surface area contributed by atoms with Crippen LogP contribution in [0.25, 0.3) is 0 Å². The maximum Gasteiger partial charge on any atom is -0.0279 e. The van der Waals surface area contributed by atoms with Gasteiger partial charge in [0.25, 0.3) is 0 Å². The number of aryl methyl sites for hydroxylation is 2. The van der Waals surface area contributed by atoms with Crippen molar-refractivity contribution >= 4 is 0 Å². The van der Waals surface area contributed by atoms with Crippen LogP contribution in [-0.4, -0.2) is 0 Å². The molecule has 0 bridgehead atoms. The van der Waals surface area contributed by atoms with Gasteiger partial charge in [-0.05, 0) is 31.2 Å². The zero-order chi connectivity index (χ0) is 13.2. The Morgan fingerprint density at radius 3 is 1.94 bits per heavy atom. The highest BCUT2D eigenvalue weighted by Crippen LogP contribution is 2.13. The highest BCUT2D eigenvalue weighted by Gasteiger charge is 1.96. The van der Waals surface area contributed by atoms with E-state index in [1.165, 1.54) is 62.5 Å². The first-order valence-electron chi connectivity index (χ1n) is 7.74. The second-order valence-electron chi connectivity index (χ2n) is 6.04. The summed E-state index contributed by atoms with van der Waals surface area (Å²) in [5.41, 5.74) is 2.87. The lowest BCUT2D eigenvalue weighted by Gasteiger charge is -2.05. The summed E-state index contributed by atoms with van der Waals surface area (Å²) in [5.74, 6) is 0.881. The summed E-state index contributed by atoms with van der Waals surface area (Å²) in [5, 5.41) is 0. The Kier molecular flexibility index (Phi) is 7.80. The summed E-state index contributed by atoms with van der Waals surface area (Å²) in [6.07, 6.45) is 11.1. The Bertz CT molecular complexity index is 294. The third-order valence-electron chi connectivity index (χ3n) is 3.62. The second-order valence-corrected chi connectivity index (χ2v) is 6.04. The standard InChI is InChI=1S/C18H30/c1-16(2)10-8-6-4-5-7-9-11-18-14-12-17(3)13-15-18/h12-16H,4-11H2,1-3H3. The van der Waals surface area contributed by atoms with Gasteiger partial charge in [0.05, 0.1) is 0 Å². The molecule has 0 fully saturated rings. The average Bonchev–Trinajstić information content (AvgIpc) is 2.34. The molecule has 0 heterocycles. The van der Waals surface area contributed by atoms with Crippen LogP contribution in [0.15, 0.2) is 24.3 Å². The Morgan fingerprint density at radius 1 is 0.778 bits per heavy atom. The number of unbranched alkanes of at least 4 members (excludes halogenated alkanes) is 5. The minimum atomic E-state index is 0.881. The van der Waals surface area contributed by atoms with E-state index in [9.17, 15) is 0 Å². The van der Waals surface area contributed by atoms with E-state index in [0.29, 0.717) is 0 Å². The molecule has 1 aromatic rings. The summed E-state index contributed by atoms with van der Waals surface area (Å²) in [6.45, 7) is 6.80. The minimum absolute atomic E-state index is 0.881. The highest BCUT2D eigenvalue weighted by molar-refractivity contribution is 5.21. The van der Waals surface area contributed by atoms with E-state index < -0.39 is 0 Å². The minimum Gasteiger partial charge on any atom is -0.0628 e. The monoisotopic (exact) mass is 246 g/mol. The quantitative estimate of drug-likeness (QED) is 0.474. The van der Waals surface area contributed by atoms with Crippen molar-refractivity contribution in [2.75, 3.05) is 0 Å². The van der Waals surface area contributed by atoms with E-state index >= 15 is 0 Å². The zero-order valence-electron chi connectivity index (χ0n) is 12.5.